The molecule has 0 aromatic heterocycles. The van der Waals surface area contributed by atoms with Crippen molar-refractivity contribution in [3.05, 3.63) is 71.6 Å². The average molecular weight is 270 g/mol. The summed E-state index contributed by atoms with van der Waals surface area (Å²) in [7, 11) is 1.62. The molecule has 104 valence electrons. The van der Waals surface area contributed by atoms with Gasteiger partial charge in [0.15, 0.2) is 0 Å². The first-order chi connectivity index (χ1) is 9.63. The minimum Gasteiger partial charge on any atom is -0.501 e. The maximum Gasteiger partial charge on any atom is 0.315 e. The summed E-state index contributed by atoms with van der Waals surface area (Å²) in [6.45, 7) is 7.54. The molecule has 0 aliphatic heterocycles. The van der Waals surface area contributed by atoms with E-state index >= 15 is 0 Å². The second kappa shape index (κ2) is 5.78. The van der Waals surface area contributed by atoms with Crippen LogP contribution >= 0.6 is 0 Å². The number of ether oxygens (including phenoxy) is 1. The van der Waals surface area contributed by atoms with Gasteiger partial charge in [-0.3, -0.25) is 4.79 Å². The monoisotopic (exact) mass is 270 g/mol. The van der Waals surface area contributed by atoms with Crippen molar-refractivity contribution in [3.8, 4) is 0 Å². The first-order valence-corrected chi connectivity index (χ1v) is 6.48. The smallest absolute Gasteiger partial charge is 0.315 e. The van der Waals surface area contributed by atoms with Gasteiger partial charge in [-0.1, -0.05) is 30.9 Å². The Morgan fingerprint density at radius 2 is 2.25 bits per heavy atom. The van der Waals surface area contributed by atoms with E-state index in [0.29, 0.717) is 12.8 Å². The molecule has 1 atom stereocenters. The van der Waals surface area contributed by atoms with Crippen LogP contribution in [0.1, 0.15) is 12.8 Å². The zero-order chi connectivity index (χ0) is 14.7. The highest BCUT2D eigenvalue weighted by atomic mass is 16.5. The molecule has 20 heavy (non-hydrogen) atoms. The van der Waals surface area contributed by atoms with E-state index < -0.39 is 11.9 Å². The van der Waals surface area contributed by atoms with Crippen LogP contribution in [0.15, 0.2) is 71.6 Å². The van der Waals surface area contributed by atoms with Crippen LogP contribution < -0.4 is 0 Å². The lowest BCUT2D eigenvalue weighted by Crippen LogP contribution is -2.15. The van der Waals surface area contributed by atoms with E-state index in [1.165, 1.54) is 0 Å². The molecule has 3 nitrogen and oxygen atoms in total. The van der Waals surface area contributed by atoms with E-state index in [0.717, 1.165) is 28.1 Å². The fourth-order valence-corrected chi connectivity index (χ4v) is 2.75. The summed E-state index contributed by atoms with van der Waals surface area (Å²) in [6.07, 6.45) is 10.4. The van der Waals surface area contributed by atoms with E-state index in [1.807, 2.05) is 18.2 Å². The van der Waals surface area contributed by atoms with Crippen molar-refractivity contribution in [2.75, 3.05) is 7.11 Å². The molecular formula is C17H18O3. The van der Waals surface area contributed by atoms with Crippen LogP contribution in [0.3, 0.4) is 0 Å². The Morgan fingerprint density at radius 3 is 2.80 bits per heavy atom. The number of aliphatic carboxylic acids is 1. The first-order valence-electron chi connectivity index (χ1n) is 6.48. The molecule has 1 unspecified atom stereocenters. The highest BCUT2D eigenvalue weighted by Crippen LogP contribution is 2.44. The number of fused-ring (bicyclic) bond motifs is 1. The second-order valence-electron chi connectivity index (χ2n) is 4.69. The Balaban J connectivity index is 2.60. The van der Waals surface area contributed by atoms with Gasteiger partial charge in [-0.15, -0.1) is 6.58 Å². The fraction of sp³-hybridized carbons (Fsp3) is 0.235. The van der Waals surface area contributed by atoms with Crippen molar-refractivity contribution < 1.29 is 14.6 Å². The van der Waals surface area contributed by atoms with E-state index in [-0.39, 0.29) is 0 Å². The van der Waals surface area contributed by atoms with Gasteiger partial charge >= 0.3 is 5.97 Å². The molecule has 2 rings (SSSR count). The Bertz CT molecular complexity index is 585. The lowest BCUT2D eigenvalue weighted by Gasteiger charge is -2.11. The molecule has 3 heteroatoms. The van der Waals surface area contributed by atoms with Crippen LogP contribution in [0.25, 0.3) is 0 Å². The number of methoxy groups -OCH3 is 1. The van der Waals surface area contributed by atoms with Crippen LogP contribution in [0.4, 0.5) is 0 Å². The highest BCUT2D eigenvalue weighted by molar-refractivity contribution is 5.85. The van der Waals surface area contributed by atoms with Crippen molar-refractivity contribution in [2.24, 2.45) is 5.92 Å². The highest BCUT2D eigenvalue weighted by Gasteiger charge is 2.37. The van der Waals surface area contributed by atoms with E-state index in [2.05, 4.69) is 13.2 Å². The maximum absolute atomic E-state index is 11.6. The molecular weight excluding hydrogens is 252 g/mol. The second-order valence-corrected chi connectivity index (χ2v) is 4.69. The molecule has 2 aliphatic carbocycles. The quantitative estimate of drug-likeness (QED) is 0.777. The number of rotatable bonds is 5. The number of hydrogen-bond donors (Lipinski definition) is 1. The van der Waals surface area contributed by atoms with Gasteiger partial charge < -0.3 is 9.84 Å². The van der Waals surface area contributed by atoms with Crippen molar-refractivity contribution in [3.63, 3.8) is 0 Å². The molecule has 0 radical (unpaired) electrons. The first kappa shape index (κ1) is 14.1. The van der Waals surface area contributed by atoms with Crippen molar-refractivity contribution in [1.82, 2.24) is 0 Å². The third-order valence-electron chi connectivity index (χ3n) is 3.64. The topological polar surface area (TPSA) is 46.5 Å². The van der Waals surface area contributed by atoms with Crippen molar-refractivity contribution in [2.45, 2.75) is 12.8 Å². The summed E-state index contributed by atoms with van der Waals surface area (Å²) in [6, 6.07) is 0. The maximum atomic E-state index is 11.6. The number of allylic oxidation sites excluding steroid dienone is 7. The van der Waals surface area contributed by atoms with Gasteiger partial charge in [-0.2, -0.15) is 0 Å². The molecule has 0 saturated heterocycles. The predicted molar refractivity (Wildman–Crippen MR) is 79.0 cm³/mol. The summed E-state index contributed by atoms with van der Waals surface area (Å²) >= 11 is 0. The third kappa shape index (κ3) is 2.27. The molecule has 1 N–H and O–H groups in total. The fourth-order valence-electron chi connectivity index (χ4n) is 2.75. The zero-order valence-electron chi connectivity index (χ0n) is 11.6. The van der Waals surface area contributed by atoms with Crippen LogP contribution in [0.2, 0.25) is 0 Å². The van der Waals surface area contributed by atoms with Crippen LogP contribution in [0.5, 0.6) is 0 Å². The van der Waals surface area contributed by atoms with Crippen LogP contribution in [0, 0.1) is 5.92 Å². The third-order valence-corrected chi connectivity index (χ3v) is 3.64. The van der Waals surface area contributed by atoms with Gasteiger partial charge in [0, 0.05) is 6.42 Å². The van der Waals surface area contributed by atoms with Gasteiger partial charge in [-0.25, -0.2) is 0 Å². The lowest BCUT2D eigenvalue weighted by atomic mass is 9.93. The van der Waals surface area contributed by atoms with Gasteiger partial charge in [0.1, 0.15) is 5.92 Å². The zero-order valence-corrected chi connectivity index (χ0v) is 11.6. The Labute approximate surface area is 118 Å². The Morgan fingerprint density at radius 1 is 1.50 bits per heavy atom. The molecule has 0 amide bonds. The molecule has 0 bridgehead atoms. The molecule has 0 fully saturated rings. The van der Waals surface area contributed by atoms with Crippen molar-refractivity contribution in [1.29, 1.82) is 0 Å². The van der Waals surface area contributed by atoms with E-state index in [4.69, 9.17) is 4.74 Å². The normalized spacial score (nSPS) is 21.2. The van der Waals surface area contributed by atoms with Crippen LogP contribution in [-0.2, 0) is 9.53 Å². The lowest BCUT2D eigenvalue weighted by molar-refractivity contribution is -0.139. The molecule has 0 aromatic rings. The van der Waals surface area contributed by atoms with Gasteiger partial charge in [-0.05, 0) is 34.8 Å². The molecule has 0 aromatic carbocycles. The summed E-state index contributed by atoms with van der Waals surface area (Å²) < 4.78 is 5.24. The number of hydrogen-bond acceptors (Lipinski definition) is 2. The number of carboxylic acids is 1. The van der Waals surface area contributed by atoms with Gasteiger partial charge in [0.25, 0.3) is 0 Å². The van der Waals surface area contributed by atoms with Gasteiger partial charge in [0.05, 0.1) is 12.9 Å². The summed E-state index contributed by atoms with van der Waals surface area (Å²) in [5.74, 6) is -0.634. The standard InChI is InChI=1S/C17H18O3/c1-4-6-14-12(5-2)13-9-7-11(20-3)8-10-15(13)16(14)17(18)19/h4-5,7,9-10,16H,1-2,6,8H2,3H3,(H,18,19). The Kier molecular flexibility index (Phi) is 4.08. The minimum atomic E-state index is -0.836. The predicted octanol–water partition coefficient (Wildman–Crippen LogP) is 3.55. The molecule has 0 heterocycles. The number of carboxylic acid groups (broad SMARTS) is 1. The average Bonchev–Trinajstić information content (AvgIpc) is 2.57. The molecule has 0 spiro atoms. The summed E-state index contributed by atoms with van der Waals surface area (Å²) in [5, 5.41) is 9.56. The van der Waals surface area contributed by atoms with Crippen molar-refractivity contribution >= 4 is 5.97 Å². The van der Waals surface area contributed by atoms with E-state index in [1.54, 1.807) is 19.3 Å². The number of carbonyl (C=O) groups is 1. The minimum absolute atomic E-state index is 0.549. The molecule has 2 aliphatic rings. The molecule has 0 saturated carbocycles. The van der Waals surface area contributed by atoms with E-state index in [9.17, 15) is 9.90 Å². The van der Waals surface area contributed by atoms with Crippen LogP contribution in [-0.4, -0.2) is 18.2 Å². The Hall–Kier alpha value is -2.29. The van der Waals surface area contributed by atoms with Gasteiger partial charge in [0.2, 0.25) is 0 Å². The summed E-state index contributed by atoms with van der Waals surface area (Å²) in [4.78, 5) is 11.6. The largest absolute Gasteiger partial charge is 0.501 e. The SMILES string of the molecule is C=CCC1=C(C=C)C2=CC=C(OC)CC=C2C1C(=O)O. The summed E-state index contributed by atoms with van der Waals surface area (Å²) in [5.41, 5.74) is 3.51.